The van der Waals surface area contributed by atoms with Gasteiger partial charge in [-0.15, -0.1) is 5.10 Å². The predicted octanol–water partition coefficient (Wildman–Crippen LogP) is 1.95. The van der Waals surface area contributed by atoms with E-state index in [1.807, 2.05) is 18.2 Å². The van der Waals surface area contributed by atoms with Crippen molar-refractivity contribution in [3.63, 3.8) is 0 Å². The zero-order valence-electron chi connectivity index (χ0n) is 11.4. The number of nitrogens with zero attached hydrogens (tertiary/aromatic N) is 3. The average molecular weight is 293 g/mol. The average Bonchev–Trinajstić information content (AvgIpc) is 2.92. The normalized spacial score (nSPS) is 11.1. The molecule has 0 spiro atoms. The van der Waals surface area contributed by atoms with Gasteiger partial charge in [-0.1, -0.05) is 24.3 Å². The number of anilines is 1. The number of ether oxygens (including phenoxy) is 1. The van der Waals surface area contributed by atoms with E-state index in [9.17, 15) is 4.79 Å². The van der Waals surface area contributed by atoms with Crippen molar-refractivity contribution in [2.75, 3.05) is 5.73 Å². The van der Waals surface area contributed by atoms with Gasteiger partial charge in [0, 0.05) is 0 Å². The third-order valence-corrected chi connectivity index (χ3v) is 3.33. The molecule has 7 nitrogen and oxygen atoms in total. The first-order chi connectivity index (χ1) is 10.7. The van der Waals surface area contributed by atoms with Crippen molar-refractivity contribution in [2.45, 2.75) is 0 Å². The van der Waals surface area contributed by atoms with Crippen LogP contribution in [-0.4, -0.2) is 19.6 Å². The first-order valence-corrected chi connectivity index (χ1v) is 6.62. The molecule has 7 heteroatoms. The fraction of sp³-hybridized carbons (Fsp3) is 0. The van der Waals surface area contributed by atoms with E-state index in [4.69, 9.17) is 10.5 Å². The smallest absolute Gasteiger partial charge is 0.348 e. The molecule has 0 unspecified atom stereocenters. The lowest BCUT2D eigenvalue weighted by Crippen LogP contribution is -2.11. The number of hydrogen-bond donors (Lipinski definition) is 2. The number of para-hydroxylation sites is 4. The van der Waals surface area contributed by atoms with Gasteiger partial charge in [-0.05, 0) is 24.3 Å². The van der Waals surface area contributed by atoms with E-state index >= 15 is 0 Å². The van der Waals surface area contributed by atoms with E-state index in [0.29, 0.717) is 28.1 Å². The Morgan fingerprint density at radius 1 is 1.09 bits per heavy atom. The molecule has 0 aliphatic heterocycles. The lowest BCUT2D eigenvalue weighted by Gasteiger charge is -2.09. The van der Waals surface area contributed by atoms with Crippen LogP contribution in [0.5, 0.6) is 11.6 Å². The molecule has 22 heavy (non-hydrogen) atoms. The minimum atomic E-state index is -0.348. The molecular formula is C15H11N5O2. The number of fused-ring (bicyclic) bond motifs is 3. The molecule has 0 radical (unpaired) electrons. The molecule has 0 aliphatic carbocycles. The molecule has 0 fully saturated rings. The fourth-order valence-corrected chi connectivity index (χ4v) is 2.32. The summed E-state index contributed by atoms with van der Waals surface area (Å²) in [5.41, 5.74) is 7.61. The quantitative estimate of drug-likeness (QED) is 0.550. The van der Waals surface area contributed by atoms with Gasteiger partial charge in [0.25, 0.3) is 5.88 Å². The molecule has 2 aromatic carbocycles. The standard InChI is InChI=1S/C15H11N5O2/c16-9-5-1-4-8-12(9)22-14-13-18-19-15(21)20(13)11-7-3-2-6-10(11)17-14/h1-8H,16H2,(H,19,21). The van der Waals surface area contributed by atoms with Gasteiger partial charge in [0.15, 0.2) is 5.75 Å². The van der Waals surface area contributed by atoms with Crippen molar-refractivity contribution in [3.05, 3.63) is 59.0 Å². The number of nitrogens with two attached hydrogens (primary N) is 1. The predicted molar refractivity (Wildman–Crippen MR) is 82.0 cm³/mol. The van der Waals surface area contributed by atoms with Crippen LogP contribution in [0.1, 0.15) is 0 Å². The number of aromatic amines is 1. The van der Waals surface area contributed by atoms with Crippen LogP contribution in [0.4, 0.5) is 5.69 Å². The number of nitrogen functional groups attached to an aromatic ring is 1. The molecule has 4 rings (SSSR count). The van der Waals surface area contributed by atoms with E-state index < -0.39 is 0 Å². The molecule has 0 atom stereocenters. The van der Waals surface area contributed by atoms with Crippen LogP contribution in [0.2, 0.25) is 0 Å². The number of nitrogens with one attached hydrogen (secondary N) is 1. The van der Waals surface area contributed by atoms with E-state index in [-0.39, 0.29) is 11.6 Å². The van der Waals surface area contributed by atoms with E-state index in [0.717, 1.165) is 0 Å². The maximum atomic E-state index is 12.0. The summed E-state index contributed by atoms with van der Waals surface area (Å²) in [6, 6.07) is 14.3. The monoisotopic (exact) mass is 293 g/mol. The number of H-pyrrole nitrogens is 1. The highest BCUT2D eigenvalue weighted by molar-refractivity contribution is 5.79. The first-order valence-electron chi connectivity index (χ1n) is 6.62. The lowest BCUT2D eigenvalue weighted by molar-refractivity contribution is 0.469. The van der Waals surface area contributed by atoms with Crippen LogP contribution < -0.4 is 16.2 Å². The molecule has 2 aromatic heterocycles. The summed E-state index contributed by atoms with van der Waals surface area (Å²) in [6.07, 6.45) is 0. The van der Waals surface area contributed by atoms with Crippen molar-refractivity contribution in [3.8, 4) is 11.6 Å². The second-order valence-electron chi connectivity index (χ2n) is 4.73. The van der Waals surface area contributed by atoms with Crippen molar-refractivity contribution in [1.29, 1.82) is 0 Å². The third-order valence-electron chi connectivity index (χ3n) is 3.33. The molecule has 4 aromatic rings. The van der Waals surface area contributed by atoms with Gasteiger partial charge in [-0.25, -0.2) is 19.3 Å². The van der Waals surface area contributed by atoms with Gasteiger partial charge in [-0.2, -0.15) is 0 Å². The Bertz CT molecular complexity index is 1050. The summed E-state index contributed by atoms with van der Waals surface area (Å²) in [5.74, 6) is 0.678. The van der Waals surface area contributed by atoms with Crippen LogP contribution >= 0.6 is 0 Å². The molecular weight excluding hydrogens is 282 g/mol. The first kappa shape index (κ1) is 12.4. The van der Waals surface area contributed by atoms with E-state index in [2.05, 4.69) is 15.2 Å². The molecule has 0 aliphatic rings. The summed E-state index contributed by atoms with van der Waals surface area (Å²) >= 11 is 0. The summed E-state index contributed by atoms with van der Waals surface area (Å²) in [5, 5.41) is 6.41. The number of benzene rings is 2. The highest BCUT2D eigenvalue weighted by atomic mass is 16.5. The van der Waals surface area contributed by atoms with Crippen LogP contribution in [0.3, 0.4) is 0 Å². The molecule has 0 bridgehead atoms. The minimum Gasteiger partial charge on any atom is -0.434 e. The Morgan fingerprint density at radius 3 is 2.73 bits per heavy atom. The molecule has 2 heterocycles. The molecule has 108 valence electrons. The fourth-order valence-electron chi connectivity index (χ4n) is 2.32. The molecule has 0 amide bonds. The second-order valence-corrected chi connectivity index (χ2v) is 4.73. The van der Waals surface area contributed by atoms with Crippen molar-refractivity contribution in [1.82, 2.24) is 19.6 Å². The van der Waals surface area contributed by atoms with Crippen LogP contribution in [0, 0.1) is 0 Å². The van der Waals surface area contributed by atoms with Gasteiger partial charge in [0.05, 0.1) is 16.7 Å². The summed E-state index contributed by atoms with van der Waals surface area (Å²) in [7, 11) is 0. The van der Waals surface area contributed by atoms with Crippen LogP contribution in [0.15, 0.2) is 53.3 Å². The Hall–Kier alpha value is -3.35. The van der Waals surface area contributed by atoms with E-state index in [1.54, 1.807) is 30.3 Å². The van der Waals surface area contributed by atoms with E-state index in [1.165, 1.54) is 4.40 Å². The molecule has 3 N–H and O–H groups in total. The molecule has 0 saturated carbocycles. The minimum absolute atomic E-state index is 0.218. The van der Waals surface area contributed by atoms with Crippen LogP contribution in [-0.2, 0) is 0 Å². The Labute approximate surface area is 124 Å². The van der Waals surface area contributed by atoms with Gasteiger partial charge in [-0.3, -0.25) is 0 Å². The summed E-state index contributed by atoms with van der Waals surface area (Å²) in [6.45, 7) is 0. The number of hydrogen-bond acceptors (Lipinski definition) is 5. The number of aromatic nitrogens is 4. The van der Waals surface area contributed by atoms with Crippen LogP contribution in [0.25, 0.3) is 16.7 Å². The lowest BCUT2D eigenvalue weighted by atomic mass is 10.3. The SMILES string of the molecule is Nc1ccccc1Oc1nc2ccccc2n2c(=O)[nH]nc12. The van der Waals surface area contributed by atoms with Gasteiger partial charge >= 0.3 is 5.69 Å². The Morgan fingerprint density at radius 2 is 1.86 bits per heavy atom. The van der Waals surface area contributed by atoms with Gasteiger partial charge < -0.3 is 10.5 Å². The highest BCUT2D eigenvalue weighted by Crippen LogP contribution is 2.29. The van der Waals surface area contributed by atoms with Gasteiger partial charge in [0.1, 0.15) is 0 Å². The summed E-state index contributed by atoms with van der Waals surface area (Å²) in [4.78, 5) is 16.4. The topological polar surface area (TPSA) is 98.3 Å². The maximum Gasteiger partial charge on any atom is 0.348 e. The zero-order chi connectivity index (χ0) is 15.1. The number of rotatable bonds is 2. The second kappa shape index (κ2) is 4.59. The van der Waals surface area contributed by atoms with Crippen molar-refractivity contribution >= 4 is 22.4 Å². The third kappa shape index (κ3) is 1.80. The Balaban J connectivity index is 2.00. The largest absolute Gasteiger partial charge is 0.434 e. The molecule has 0 saturated heterocycles. The zero-order valence-corrected chi connectivity index (χ0v) is 11.4. The van der Waals surface area contributed by atoms with Crippen molar-refractivity contribution < 1.29 is 4.74 Å². The highest BCUT2D eigenvalue weighted by Gasteiger charge is 2.15. The Kier molecular flexibility index (Phi) is 2.59. The van der Waals surface area contributed by atoms with Crippen molar-refractivity contribution in [2.24, 2.45) is 0 Å². The van der Waals surface area contributed by atoms with Gasteiger partial charge in [0.2, 0.25) is 5.65 Å². The summed E-state index contributed by atoms with van der Waals surface area (Å²) < 4.78 is 7.19. The maximum absolute atomic E-state index is 12.0.